The third-order valence-corrected chi connectivity index (χ3v) is 3.44. The first-order valence-electron chi connectivity index (χ1n) is 7.59. The number of ether oxygens (including phenoxy) is 2. The van der Waals surface area contributed by atoms with E-state index < -0.39 is 0 Å². The van der Waals surface area contributed by atoms with Gasteiger partial charge in [0.25, 0.3) is 0 Å². The Bertz CT molecular complexity index is 337. The van der Waals surface area contributed by atoms with Crippen molar-refractivity contribution in [2.75, 3.05) is 40.0 Å². The molecule has 0 spiro atoms. The fourth-order valence-corrected chi connectivity index (χ4v) is 2.21. The molecule has 114 valence electrons. The molecule has 0 aromatic heterocycles. The number of benzene rings is 1. The lowest BCUT2D eigenvalue weighted by atomic mass is 9.96. The van der Waals surface area contributed by atoms with Gasteiger partial charge in [0.2, 0.25) is 0 Å². The van der Waals surface area contributed by atoms with Crippen LogP contribution in [0.5, 0.6) is 0 Å². The van der Waals surface area contributed by atoms with E-state index >= 15 is 0 Å². The van der Waals surface area contributed by atoms with E-state index in [0.717, 1.165) is 45.8 Å². The Balaban J connectivity index is 2.41. The van der Waals surface area contributed by atoms with Gasteiger partial charge in [-0.15, -0.1) is 0 Å². The molecule has 3 heteroatoms. The molecule has 0 amide bonds. The molecule has 0 saturated carbocycles. The molecule has 3 nitrogen and oxygen atoms in total. The van der Waals surface area contributed by atoms with Gasteiger partial charge in [0.1, 0.15) is 0 Å². The molecule has 0 aliphatic rings. The minimum Gasteiger partial charge on any atom is -0.383 e. The highest BCUT2D eigenvalue weighted by molar-refractivity contribution is 5.21. The summed E-state index contributed by atoms with van der Waals surface area (Å²) in [6, 6.07) is 8.84. The van der Waals surface area contributed by atoms with Crippen molar-refractivity contribution in [2.45, 2.75) is 26.7 Å². The van der Waals surface area contributed by atoms with Gasteiger partial charge in [-0.05, 0) is 44.7 Å². The van der Waals surface area contributed by atoms with E-state index in [1.807, 2.05) is 6.92 Å². The first kappa shape index (κ1) is 17.2. The SMILES string of the molecule is CCOCCC(CNCCOC)Cc1ccc(C)cc1. The Morgan fingerprint density at radius 3 is 2.55 bits per heavy atom. The predicted octanol–water partition coefficient (Wildman–Crippen LogP) is 2.82. The van der Waals surface area contributed by atoms with Crippen molar-refractivity contribution in [3.8, 4) is 0 Å². The highest BCUT2D eigenvalue weighted by Crippen LogP contribution is 2.13. The van der Waals surface area contributed by atoms with Crippen LogP contribution in [-0.4, -0.2) is 40.0 Å². The molecule has 1 atom stereocenters. The molecule has 1 N–H and O–H groups in total. The molecule has 1 rings (SSSR count). The molecule has 0 aliphatic heterocycles. The van der Waals surface area contributed by atoms with Gasteiger partial charge in [0.05, 0.1) is 6.61 Å². The Hall–Kier alpha value is -0.900. The van der Waals surface area contributed by atoms with Crippen LogP contribution in [0.3, 0.4) is 0 Å². The van der Waals surface area contributed by atoms with E-state index in [2.05, 4.69) is 36.5 Å². The number of hydrogen-bond acceptors (Lipinski definition) is 3. The maximum atomic E-state index is 5.50. The number of hydrogen-bond donors (Lipinski definition) is 1. The van der Waals surface area contributed by atoms with Crippen molar-refractivity contribution >= 4 is 0 Å². The molecule has 0 saturated heterocycles. The minimum atomic E-state index is 0.612. The standard InChI is InChI=1S/C17H29NO2/c1-4-20-11-9-17(14-18-10-12-19-3)13-16-7-5-15(2)6-8-16/h5-8,17-18H,4,9-14H2,1-3H3. The second kappa shape index (κ2) is 10.8. The lowest BCUT2D eigenvalue weighted by Crippen LogP contribution is -2.28. The number of nitrogens with one attached hydrogen (secondary N) is 1. The average molecular weight is 279 g/mol. The van der Waals surface area contributed by atoms with E-state index in [1.54, 1.807) is 7.11 Å². The maximum absolute atomic E-state index is 5.50. The summed E-state index contributed by atoms with van der Waals surface area (Å²) in [5, 5.41) is 3.46. The van der Waals surface area contributed by atoms with Crippen molar-refractivity contribution in [3.63, 3.8) is 0 Å². The van der Waals surface area contributed by atoms with E-state index in [9.17, 15) is 0 Å². The van der Waals surface area contributed by atoms with Gasteiger partial charge >= 0.3 is 0 Å². The zero-order valence-corrected chi connectivity index (χ0v) is 13.2. The molecule has 0 bridgehead atoms. The lowest BCUT2D eigenvalue weighted by molar-refractivity contribution is 0.130. The van der Waals surface area contributed by atoms with Gasteiger partial charge in [0.15, 0.2) is 0 Å². The average Bonchev–Trinajstić information content (AvgIpc) is 2.46. The van der Waals surface area contributed by atoms with Crippen LogP contribution in [-0.2, 0) is 15.9 Å². The Morgan fingerprint density at radius 2 is 1.90 bits per heavy atom. The summed E-state index contributed by atoms with van der Waals surface area (Å²) >= 11 is 0. The van der Waals surface area contributed by atoms with E-state index in [1.165, 1.54) is 11.1 Å². The molecular formula is C17H29NO2. The van der Waals surface area contributed by atoms with Gasteiger partial charge in [-0.25, -0.2) is 0 Å². The van der Waals surface area contributed by atoms with Crippen molar-refractivity contribution in [2.24, 2.45) is 5.92 Å². The van der Waals surface area contributed by atoms with Gasteiger partial charge in [0, 0.05) is 26.9 Å². The lowest BCUT2D eigenvalue weighted by Gasteiger charge is -2.18. The quantitative estimate of drug-likeness (QED) is 0.632. The molecule has 0 fully saturated rings. The predicted molar refractivity (Wildman–Crippen MR) is 84.2 cm³/mol. The largest absolute Gasteiger partial charge is 0.383 e. The highest BCUT2D eigenvalue weighted by atomic mass is 16.5. The summed E-state index contributed by atoms with van der Waals surface area (Å²) in [6.45, 7) is 8.52. The molecule has 1 aromatic carbocycles. The summed E-state index contributed by atoms with van der Waals surface area (Å²) < 4.78 is 10.6. The van der Waals surface area contributed by atoms with Crippen LogP contribution in [0.2, 0.25) is 0 Å². The Labute approximate surface area is 123 Å². The smallest absolute Gasteiger partial charge is 0.0587 e. The van der Waals surface area contributed by atoms with Crippen LogP contribution in [0.15, 0.2) is 24.3 Å². The van der Waals surface area contributed by atoms with Gasteiger partial charge in [-0.3, -0.25) is 0 Å². The molecule has 0 aliphatic carbocycles. The molecule has 1 unspecified atom stereocenters. The second-order valence-electron chi connectivity index (χ2n) is 5.24. The fraction of sp³-hybridized carbons (Fsp3) is 0.647. The van der Waals surface area contributed by atoms with Crippen molar-refractivity contribution in [1.29, 1.82) is 0 Å². The van der Waals surface area contributed by atoms with E-state index in [4.69, 9.17) is 9.47 Å². The summed E-state index contributed by atoms with van der Waals surface area (Å²) in [5.74, 6) is 0.612. The minimum absolute atomic E-state index is 0.612. The van der Waals surface area contributed by atoms with Crippen LogP contribution in [0.1, 0.15) is 24.5 Å². The normalized spacial score (nSPS) is 12.6. The van der Waals surface area contributed by atoms with E-state index in [-0.39, 0.29) is 0 Å². The summed E-state index contributed by atoms with van der Waals surface area (Å²) in [4.78, 5) is 0. The zero-order valence-electron chi connectivity index (χ0n) is 13.2. The maximum Gasteiger partial charge on any atom is 0.0587 e. The Kier molecular flexibility index (Phi) is 9.29. The molecular weight excluding hydrogens is 250 g/mol. The number of rotatable bonds is 11. The van der Waals surface area contributed by atoms with Crippen LogP contribution in [0, 0.1) is 12.8 Å². The van der Waals surface area contributed by atoms with Crippen LogP contribution < -0.4 is 5.32 Å². The molecule has 0 radical (unpaired) electrons. The van der Waals surface area contributed by atoms with Crippen LogP contribution in [0.4, 0.5) is 0 Å². The van der Waals surface area contributed by atoms with Crippen LogP contribution in [0.25, 0.3) is 0 Å². The van der Waals surface area contributed by atoms with Gasteiger partial charge in [-0.2, -0.15) is 0 Å². The monoisotopic (exact) mass is 279 g/mol. The van der Waals surface area contributed by atoms with Gasteiger partial charge in [-0.1, -0.05) is 29.8 Å². The number of methoxy groups -OCH3 is 1. The highest BCUT2D eigenvalue weighted by Gasteiger charge is 2.09. The fourth-order valence-electron chi connectivity index (χ4n) is 2.21. The van der Waals surface area contributed by atoms with Crippen LogP contribution >= 0.6 is 0 Å². The summed E-state index contributed by atoms with van der Waals surface area (Å²) in [5.41, 5.74) is 2.73. The first-order valence-corrected chi connectivity index (χ1v) is 7.59. The zero-order chi connectivity index (χ0) is 14.6. The summed E-state index contributed by atoms with van der Waals surface area (Å²) in [6.07, 6.45) is 2.20. The summed E-state index contributed by atoms with van der Waals surface area (Å²) in [7, 11) is 1.74. The third kappa shape index (κ3) is 7.63. The molecule has 20 heavy (non-hydrogen) atoms. The topological polar surface area (TPSA) is 30.5 Å². The first-order chi connectivity index (χ1) is 9.76. The van der Waals surface area contributed by atoms with Gasteiger partial charge < -0.3 is 14.8 Å². The van der Waals surface area contributed by atoms with Crippen molar-refractivity contribution < 1.29 is 9.47 Å². The van der Waals surface area contributed by atoms with Crippen molar-refractivity contribution in [1.82, 2.24) is 5.32 Å². The van der Waals surface area contributed by atoms with E-state index in [0.29, 0.717) is 5.92 Å². The Morgan fingerprint density at radius 1 is 1.15 bits per heavy atom. The second-order valence-corrected chi connectivity index (χ2v) is 5.24. The number of aryl methyl sites for hydroxylation is 1. The molecule has 1 aromatic rings. The third-order valence-electron chi connectivity index (χ3n) is 3.44. The van der Waals surface area contributed by atoms with Crippen molar-refractivity contribution in [3.05, 3.63) is 35.4 Å². The molecule has 0 heterocycles.